The quantitative estimate of drug-likeness (QED) is 0.504. The molecule has 1 aliphatic carbocycles. The van der Waals surface area contributed by atoms with E-state index < -0.39 is 0 Å². The second-order valence-corrected chi connectivity index (χ2v) is 7.08. The normalized spacial score (nSPS) is 13.9. The van der Waals surface area contributed by atoms with E-state index in [0.29, 0.717) is 34.4 Å². The number of aromatic nitrogens is 6. The zero-order valence-corrected chi connectivity index (χ0v) is 16.6. The van der Waals surface area contributed by atoms with Crippen LogP contribution in [0.1, 0.15) is 25.3 Å². The van der Waals surface area contributed by atoms with E-state index in [9.17, 15) is 4.79 Å². The summed E-state index contributed by atoms with van der Waals surface area (Å²) in [6.07, 6.45) is 8.00. The Hall–Kier alpha value is -3.75. The lowest BCUT2D eigenvalue weighted by Crippen LogP contribution is -2.28. The highest BCUT2D eigenvalue weighted by Crippen LogP contribution is 2.37. The van der Waals surface area contributed by atoms with Gasteiger partial charge in [0.2, 0.25) is 0 Å². The molecule has 0 unspecified atom stereocenters. The van der Waals surface area contributed by atoms with Gasteiger partial charge < -0.3 is 9.47 Å². The molecule has 5 rings (SSSR count). The van der Waals surface area contributed by atoms with Gasteiger partial charge in [-0.05, 0) is 31.4 Å². The fraction of sp³-hybridized carbons (Fsp3) is 0.286. The Morgan fingerprint density at radius 1 is 0.967 bits per heavy atom. The predicted molar refractivity (Wildman–Crippen MR) is 110 cm³/mol. The van der Waals surface area contributed by atoms with Crippen LogP contribution in [0.5, 0.6) is 11.5 Å². The van der Waals surface area contributed by atoms with Gasteiger partial charge in [-0.25, -0.2) is 19.9 Å². The minimum absolute atomic E-state index is 0.170. The van der Waals surface area contributed by atoms with Gasteiger partial charge in [0, 0.05) is 30.7 Å². The highest BCUT2D eigenvalue weighted by molar-refractivity contribution is 5.83. The molecule has 4 aromatic rings. The van der Waals surface area contributed by atoms with E-state index in [1.165, 1.54) is 0 Å². The molecule has 0 aliphatic heterocycles. The van der Waals surface area contributed by atoms with Crippen LogP contribution in [0.3, 0.4) is 0 Å². The number of methoxy groups -OCH3 is 2. The van der Waals surface area contributed by atoms with Crippen molar-refractivity contribution in [2.24, 2.45) is 0 Å². The van der Waals surface area contributed by atoms with Crippen LogP contribution in [-0.2, 0) is 0 Å². The average Bonchev–Trinajstić information content (AvgIpc) is 3.03. The maximum atomic E-state index is 13.5. The third-order valence-corrected chi connectivity index (χ3v) is 5.43. The summed E-state index contributed by atoms with van der Waals surface area (Å²) in [4.78, 5) is 30.8. The van der Waals surface area contributed by atoms with Crippen molar-refractivity contribution < 1.29 is 9.47 Å². The second kappa shape index (κ2) is 7.25. The van der Waals surface area contributed by atoms with Crippen LogP contribution >= 0.6 is 0 Å². The first-order valence-corrected chi connectivity index (χ1v) is 9.71. The molecule has 0 radical (unpaired) electrons. The van der Waals surface area contributed by atoms with Crippen LogP contribution in [0.2, 0.25) is 0 Å². The van der Waals surface area contributed by atoms with Crippen LogP contribution in [0.25, 0.3) is 28.4 Å². The molecule has 3 heterocycles. The average molecular weight is 404 g/mol. The molecule has 9 nitrogen and oxygen atoms in total. The van der Waals surface area contributed by atoms with Gasteiger partial charge in [0.1, 0.15) is 0 Å². The first kappa shape index (κ1) is 18.3. The maximum Gasteiger partial charge on any atom is 0.280 e. The smallest absolute Gasteiger partial charge is 0.280 e. The molecular weight excluding hydrogens is 384 g/mol. The number of rotatable bonds is 5. The summed E-state index contributed by atoms with van der Waals surface area (Å²) in [5.41, 5.74) is 0.620. The predicted octanol–water partition coefficient (Wildman–Crippen LogP) is 2.78. The Morgan fingerprint density at radius 3 is 2.33 bits per heavy atom. The van der Waals surface area contributed by atoms with Crippen molar-refractivity contribution in [2.75, 3.05) is 14.2 Å². The molecule has 0 amide bonds. The Labute approximate surface area is 171 Å². The molecule has 0 N–H and O–H groups in total. The van der Waals surface area contributed by atoms with Crippen molar-refractivity contribution in [3.05, 3.63) is 53.2 Å². The standard InChI is InChI=1S/C21H20N6O3/c1-29-16-11-14-15(12-17(16)30-2)26(13-5-3-6-13)27(21(14)28)18-7-10-24-20(25-18)19-22-8-4-9-23-19/h4,7-13H,3,5-6H2,1-2H3. The van der Waals surface area contributed by atoms with Crippen LogP contribution < -0.4 is 15.0 Å². The minimum Gasteiger partial charge on any atom is -0.493 e. The first-order valence-electron chi connectivity index (χ1n) is 9.71. The summed E-state index contributed by atoms with van der Waals surface area (Å²) < 4.78 is 14.5. The molecule has 1 saturated carbocycles. The van der Waals surface area contributed by atoms with E-state index >= 15 is 0 Å². The number of hydrogen-bond donors (Lipinski definition) is 0. The van der Waals surface area contributed by atoms with E-state index in [0.717, 1.165) is 24.8 Å². The van der Waals surface area contributed by atoms with Crippen molar-refractivity contribution >= 4 is 10.9 Å². The Bertz CT molecular complexity index is 1280. The van der Waals surface area contributed by atoms with Crippen molar-refractivity contribution in [1.82, 2.24) is 29.3 Å². The summed E-state index contributed by atoms with van der Waals surface area (Å²) in [5, 5.41) is 0.552. The highest BCUT2D eigenvalue weighted by atomic mass is 16.5. The molecular formula is C21H20N6O3. The molecule has 1 aliphatic rings. The summed E-state index contributed by atoms with van der Waals surface area (Å²) in [6.45, 7) is 0. The van der Waals surface area contributed by atoms with Gasteiger partial charge in [0.15, 0.2) is 29.0 Å². The van der Waals surface area contributed by atoms with Gasteiger partial charge in [-0.15, -0.1) is 0 Å². The Kier molecular flexibility index (Phi) is 4.42. The van der Waals surface area contributed by atoms with Gasteiger partial charge in [-0.2, -0.15) is 4.68 Å². The summed E-state index contributed by atoms with van der Waals surface area (Å²) in [7, 11) is 3.14. The van der Waals surface area contributed by atoms with E-state index in [-0.39, 0.29) is 11.6 Å². The zero-order chi connectivity index (χ0) is 20.7. The van der Waals surface area contributed by atoms with Crippen LogP contribution in [0, 0.1) is 0 Å². The summed E-state index contributed by atoms with van der Waals surface area (Å²) in [5.74, 6) is 2.33. The van der Waals surface area contributed by atoms with Crippen molar-refractivity contribution in [3.63, 3.8) is 0 Å². The van der Waals surface area contributed by atoms with Gasteiger partial charge >= 0.3 is 0 Å². The Balaban J connectivity index is 1.77. The molecule has 0 saturated heterocycles. The number of benzene rings is 1. The summed E-state index contributed by atoms with van der Waals surface area (Å²) >= 11 is 0. The third kappa shape index (κ3) is 2.81. The van der Waals surface area contributed by atoms with Gasteiger partial charge in [-0.3, -0.25) is 9.48 Å². The fourth-order valence-corrected chi connectivity index (χ4v) is 3.74. The lowest BCUT2D eigenvalue weighted by Gasteiger charge is -2.29. The van der Waals surface area contributed by atoms with Gasteiger partial charge in [-0.1, -0.05) is 0 Å². The van der Waals surface area contributed by atoms with Crippen molar-refractivity contribution in [3.8, 4) is 29.0 Å². The topological polar surface area (TPSA) is 97.0 Å². The van der Waals surface area contributed by atoms with Crippen molar-refractivity contribution in [1.29, 1.82) is 0 Å². The molecule has 0 atom stereocenters. The molecule has 0 spiro atoms. The molecule has 9 heteroatoms. The Morgan fingerprint density at radius 2 is 1.67 bits per heavy atom. The van der Waals surface area contributed by atoms with E-state index in [1.807, 2.05) is 10.7 Å². The molecule has 3 aromatic heterocycles. The highest BCUT2D eigenvalue weighted by Gasteiger charge is 2.28. The first-order chi connectivity index (χ1) is 14.7. The number of ether oxygens (including phenoxy) is 2. The number of nitrogens with zero attached hydrogens (tertiary/aromatic N) is 6. The second-order valence-electron chi connectivity index (χ2n) is 7.08. The molecule has 30 heavy (non-hydrogen) atoms. The van der Waals surface area contributed by atoms with Gasteiger partial charge in [0.25, 0.3) is 5.56 Å². The van der Waals surface area contributed by atoms with Crippen LogP contribution in [0.15, 0.2) is 47.7 Å². The largest absolute Gasteiger partial charge is 0.493 e. The molecule has 0 bridgehead atoms. The van der Waals surface area contributed by atoms with Gasteiger partial charge in [0.05, 0.1) is 31.2 Å². The molecule has 1 fully saturated rings. The number of fused-ring (bicyclic) bond motifs is 1. The van der Waals surface area contributed by atoms with Crippen molar-refractivity contribution in [2.45, 2.75) is 25.3 Å². The van der Waals surface area contributed by atoms with E-state index in [4.69, 9.17) is 9.47 Å². The maximum absolute atomic E-state index is 13.5. The number of hydrogen-bond acceptors (Lipinski definition) is 7. The minimum atomic E-state index is -0.170. The zero-order valence-electron chi connectivity index (χ0n) is 16.6. The van der Waals surface area contributed by atoms with Crippen LogP contribution in [0.4, 0.5) is 0 Å². The lowest BCUT2D eigenvalue weighted by molar-refractivity contribution is 0.278. The lowest BCUT2D eigenvalue weighted by atomic mass is 9.93. The monoisotopic (exact) mass is 404 g/mol. The molecule has 152 valence electrons. The third-order valence-electron chi connectivity index (χ3n) is 5.43. The van der Waals surface area contributed by atoms with Crippen LogP contribution in [-0.4, -0.2) is 43.5 Å². The van der Waals surface area contributed by atoms with E-state index in [1.54, 1.807) is 55.7 Å². The van der Waals surface area contributed by atoms with E-state index in [2.05, 4.69) is 19.9 Å². The summed E-state index contributed by atoms with van der Waals surface area (Å²) in [6, 6.07) is 7.24. The fourth-order valence-electron chi connectivity index (χ4n) is 3.74. The molecule has 1 aromatic carbocycles. The SMILES string of the molecule is COc1cc2c(=O)n(-c3ccnc(-c4ncccn4)n3)n(C3CCC3)c2cc1OC.